The van der Waals surface area contributed by atoms with Gasteiger partial charge in [-0.25, -0.2) is 4.39 Å². The van der Waals surface area contributed by atoms with Crippen molar-refractivity contribution in [1.82, 2.24) is 5.32 Å². The summed E-state index contributed by atoms with van der Waals surface area (Å²) in [5.74, 6) is -3.12. The number of halogens is 1. The van der Waals surface area contributed by atoms with E-state index >= 15 is 0 Å². The molecule has 0 heterocycles. The molecule has 0 radical (unpaired) electrons. The quantitative estimate of drug-likeness (QED) is 0.423. The van der Waals surface area contributed by atoms with Crippen molar-refractivity contribution in [3.63, 3.8) is 0 Å². The fourth-order valence-electron chi connectivity index (χ4n) is 2.18. The summed E-state index contributed by atoms with van der Waals surface area (Å²) >= 11 is 0. The van der Waals surface area contributed by atoms with Gasteiger partial charge in [0, 0.05) is 17.7 Å². The average molecular weight is 389 g/mol. The standard InChI is InChI=1S/C18H16FN3O6/c1-11-4-2-3-5-13(11)18(25)20-9-17(24)28-10-16(23)21-15-8-12(22(26)27)6-7-14(15)19/h2-8H,9-10H2,1H3,(H,20,25)(H,21,23). The molecule has 28 heavy (non-hydrogen) atoms. The molecule has 0 aromatic heterocycles. The highest BCUT2D eigenvalue weighted by molar-refractivity contribution is 5.97. The van der Waals surface area contributed by atoms with Crippen molar-refractivity contribution in [2.24, 2.45) is 0 Å². The van der Waals surface area contributed by atoms with E-state index in [1.807, 2.05) is 0 Å². The number of carbonyl (C=O) groups excluding carboxylic acids is 3. The number of rotatable bonds is 7. The molecule has 0 aliphatic carbocycles. The predicted octanol–water partition coefficient (Wildman–Crippen LogP) is 1.95. The zero-order valence-corrected chi connectivity index (χ0v) is 14.7. The number of nitrogens with zero attached hydrogens (tertiary/aromatic N) is 1. The van der Waals surface area contributed by atoms with Gasteiger partial charge in [0.2, 0.25) is 0 Å². The van der Waals surface area contributed by atoms with Crippen LogP contribution in [0, 0.1) is 22.9 Å². The lowest BCUT2D eigenvalue weighted by Gasteiger charge is -2.09. The Morgan fingerprint density at radius 1 is 1.18 bits per heavy atom. The summed E-state index contributed by atoms with van der Waals surface area (Å²) in [6.07, 6.45) is 0. The van der Waals surface area contributed by atoms with Crippen LogP contribution in [0.2, 0.25) is 0 Å². The number of aryl methyl sites for hydroxylation is 1. The summed E-state index contributed by atoms with van der Waals surface area (Å²) < 4.78 is 18.3. The highest BCUT2D eigenvalue weighted by Crippen LogP contribution is 2.21. The van der Waals surface area contributed by atoms with Crippen molar-refractivity contribution in [2.45, 2.75) is 6.92 Å². The Kier molecular flexibility index (Phi) is 6.74. The topological polar surface area (TPSA) is 128 Å². The molecule has 2 amide bonds. The molecule has 2 aromatic rings. The van der Waals surface area contributed by atoms with Gasteiger partial charge in [-0.1, -0.05) is 18.2 Å². The van der Waals surface area contributed by atoms with Crippen LogP contribution in [0.15, 0.2) is 42.5 Å². The number of esters is 1. The fourth-order valence-corrected chi connectivity index (χ4v) is 2.18. The molecule has 0 unspecified atom stereocenters. The molecular weight excluding hydrogens is 373 g/mol. The minimum atomic E-state index is -0.891. The molecule has 0 saturated carbocycles. The third kappa shape index (κ3) is 5.59. The summed E-state index contributed by atoms with van der Waals surface area (Å²) in [6.45, 7) is 0.525. The second-order valence-corrected chi connectivity index (χ2v) is 5.63. The zero-order valence-electron chi connectivity index (χ0n) is 14.7. The first kappa shape index (κ1) is 20.5. The van der Waals surface area contributed by atoms with Crippen LogP contribution in [-0.2, 0) is 14.3 Å². The minimum Gasteiger partial charge on any atom is -0.454 e. The summed E-state index contributed by atoms with van der Waals surface area (Å²) in [4.78, 5) is 45.3. The number of non-ortho nitro benzene ring substituents is 1. The number of anilines is 1. The van der Waals surface area contributed by atoms with Crippen LogP contribution < -0.4 is 10.6 Å². The first-order valence-electron chi connectivity index (χ1n) is 8.01. The predicted molar refractivity (Wildman–Crippen MR) is 96.2 cm³/mol. The molecule has 0 aliphatic rings. The SMILES string of the molecule is Cc1ccccc1C(=O)NCC(=O)OCC(=O)Nc1cc([N+](=O)[O-])ccc1F. The normalized spacial score (nSPS) is 10.1. The first-order valence-corrected chi connectivity index (χ1v) is 8.01. The number of hydrogen-bond donors (Lipinski definition) is 2. The Hall–Kier alpha value is -3.82. The molecule has 0 spiro atoms. The Morgan fingerprint density at radius 2 is 1.89 bits per heavy atom. The van der Waals surface area contributed by atoms with Crippen molar-refractivity contribution in [1.29, 1.82) is 0 Å². The zero-order chi connectivity index (χ0) is 20.7. The van der Waals surface area contributed by atoms with E-state index in [0.717, 1.165) is 23.8 Å². The monoisotopic (exact) mass is 389 g/mol. The minimum absolute atomic E-state index is 0.397. The Labute approximate surface area is 158 Å². The van der Waals surface area contributed by atoms with Crippen molar-refractivity contribution in [2.75, 3.05) is 18.5 Å². The number of nitro groups is 1. The van der Waals surface area contributed by atoms with Gasteiger partial charge in [0.05, 0.1) is 10.6 Å². The maximum atomic E-state index is 13.6. The molecule has 0 aliphatic heterocycles. The molecule has 0 atom stereocenters. The molecule has 2 N–H and O–H groups in total. The summed E-state index contributed by atoms with van der Waals surface area (Å²) in [7, 11) is 0. The van der Waals surface area contributed by atoms with Gasteiger partial charge in [0.15, 0.2) is 6.61 Å². The molecule has 0 bridgehead atoms. The molecule has 146 valence electrons. The molecule has 0 fully saturated rings. The third-order valence-electron chi connectivity index (χ3n) is 3.58. The molecule has 10 heteroatoms. The molecular formula is C18H16FN3O6. The van der Waals surface area contributed by atoms with Crippen LogP contribution in [0.5, 0.6) is 0 Å². The van der Waals surface area contributed by atoms with Crippen molar-refractivity contribution < 1.29 is 28.4 Å². The molecule has 9 nitrogen and oxygen atoms in total. The van der Waals surface area contributed by atoms with Crippen LogP contribution in [-0.4, -0.2) is 35.9 Å². The molecule has 0 saturated heterocycles. The van der Waals surface area contributed by atoms with Crippen LogP contribution >= 0.6 is 0 Å². The van der Waals surface area contributed by atoms with Gasteiger partial charge in [0.25, 0.3) is 17.5 Å². The van der Waals surface area contributed by atoms with E-state index in [-0.39, 0.29) is 0 Å². The van der Waals surface area contributed by atoms with Crippen LogP contribution in [0.4, 0.5) is 15.8 Å². The number of hydrogen-bond acceptors (Lipinski definition) is 6. The summed E-state index contributed by atoms with van der Waals surface area (Å²) in [6, 6.07) is 9.41. The van der Waals surface area contributed by atoms with Crippen LogP contribution in [0.3, 0.4) is 0 Å². The largest absolute Gasteiger partial charge is 0.454 e. The highest BCUT2D eigenvalue weighted by Gasteiger charge is 2.15. The number of benzene rings is 2. The number of carbonyl (C=O) groups is 3. The fraction of sp³-hybridized carbons (Fsp3) is 0.167. The number of ether oxygens (including phenoxy) is 1. The van der Waals surface area contributed by atoms with Crippen LogP contribution in [0.25, 0.3) is 0 Å². The summed E-state index contributed by atoms with van der Waals surface area (Å²) in [5.41, 5.74) is 0.302. The van der Waals surface area contributed by atoms with Gasteiger partial charge < -0.3 is 15.4 Å². The number of amides is 2. The van der Waals surface area contributed by atoms with Gasteiger partial charge in [-0.2, -0.15) is 0 Å². The lowest BCUT2D eigenvalue weighted by molar-refractivity contribution is -0.384. The average Bonchev–Trinajstić information content (AvgIpc) is 2.66. The van der Waals surface area contributed by atoms with E-state index in [2.05, 4.69) is 15.4 Å². The van der Waals surface area contributed by atoms with E-state index < -0.39 is 53.1 Å². The lowest BCUT2D eigenvalue weighted by Crippen LogP contribution is -2.32. The van der Waals surface area contributed by atoms with E-state index in [0.29, 0.717) is 5.56 Å². The Balaban J connectivity index is 1.82. The second kappa shape index (κ2) is 9.21. The second-order valence-electron chi connectivity index (χ2n) is 5.63. The first-order chi connectivity index (χ1) is 13.3. The Morgan fingerprint density at radius 3 is 2.57 bits per heavy atom. The smallest absolute Gasteiger partial charge is 0.325 e. The maximum absolute atomic E-state index is 13.6. The van der Waals surface area contributed by atoms with Gasteiger partial charge in [-0.15, -0.1) is 0 Å². The van der Waals surface area contributed by atoms with Crippen molar-refractivity contribution in [3.05, 3.63) is 69.5 Å². The van der Waals surface area contributed by atoms with E-state index in [4.69, 9.17) is 0 Å². The summed E-state index contributed by atoms with van der Waals surface area (Å²) in [5, 5.41) is 15.1. The molecule has 2 rings (SSSR count). The van der Waals surface area contributed by atoms with E-state index in [1.165, 1.54) is 0 Å². The van der Waals surface area contributed by atoms with Gasteiger partial charge >= 0.3 is 5.97 Å². The molecule has 2 aromatic carbocycles. The van der Waals surface area contributed by atoms with Gasteiger partial charge in [-0.3, -0.25) is 24.5 Å². The van der Waals surface area contributed by atoms with Gasteiger partial charge in [0.1, 0.15) is 12.4 Å². The van der Waals surface area contributed by atoms with Crippen molar-refractivity contribution >= 4 is 29.2 Å². The maximum Gasteiger partial charge on any atom is 0.325 e. The Bertz CT molecular complexity index is 931. The van der Waals surface area contributed by atoms with E-state index in [1.54, 1.807) is 31.2 Å². The number of nitro benzene ring substituents is 1. The number of nitrogens with one attached hydrogen (secondary N) is 2. The van der Waals surface area contributed by atoms with Crippen molar-refractivity contribution in [3.8, 4) is 0 Å². The van der Waals surface area contributed by atoms with Crippen LogP contribution in [0.1, 0.15) is 15.9 Å². The van der Waals surface area contributed by atoms with Gasteiger partial charge in [-0.05, 0) is 24.6 Å². The highest BCUT2D eigenvalue weighted by atomic mass is 19.1. The van der Waals surface area contributed by atoms with E-state index in [9.17, 15) is 28.9 Å². The third-order valence-corrected chi connectivity index (χ3v) is 3.58. The lowest BCUT2D eigenvalue weighted by atomic mass is 10.1.